The zero-order valence-corrected chi connectivity index (χ0v) is 16.4. The molecule has 0 spiro atoms. The maximum absolute atomic E-state index is 9.57. The van der Waals surface area contributed by atoms with Crippen LogP contribution in [0.2, 0.25) is 0 Å². The first-order chi connectivity index (χ1) is 13.8. The minimum atomic E-state index is 0.0325. The van der Waals surface area contributed by atoms with Crippen molar-refractivity contribution in [3.8, 4) is 28.5 Å². The van der Waals surface area contributed by atoms with E-state index in [0.29, 0.717) is 26.4 Å². The molecule has 7 heteroatoms. The van der Waals surface area contributed by atoms with Crippen LogP contribution in [0.15, 0.2) is 52.8 Å². The fraction of sp³-hybridized carbons (Fsp3) is 0.286. The zero-order chi connectivity index (χ0) is 19.3. The number of fused-ring (bicyclic) bond motifs is 1. The number of hydrogen-bond donors (Lipinski definition) is 1. The van der Waals surface area contributed by atoms with Gasteiger partial charge in [0.15, 0.2) is 16.3 Å². The SMILES string of the molecule is CCOc1ccc(N=c2scc(-c3ccc4c(c3)OCCO4)n2CCO)cc1. The topological polar surface area (TPSA) is 65.2 Å². The highest BCUT2D eigenvalue weighted by molar-refractivity contribution is 7.07. The van der Waals surface area contributed by atoms with Gasteiger partial charge >= 0.3 is 0 Å². The van der Waals surface area contributed by atoms with Gasteiger partial charge in [-0.25, -0.2) is 4.99 Å². The second kappa shape index (κ2) is 8.50. The largest absolute Gasteiger partial charge is 0.494 e. The maximum atomic E-state index is 9.57. The van der Waals surface area contributed by atoms with Gasteiger partial charge < -0.3 is 23.9 Å². The fourth-order valence-corrected chi connectivity index (χ4v) is 4.02. The second-order valence-electron chi connectivity index (χ2n) is 6.18. The van der Waals surface area contributed by atoms with Crippen LogP contribution in [0.5, 0.6) is 17.2 Å². The van der Waals surface area contributed by atoms with E-state index in [0.717, 1.165) is 39.0 Å². The van der Waals surface area contributed by atoms with Gasteiger partial charge in [0.25, 0.3) is 0 Å². The predicted octanol–water partition coefficient (Wildman–Crippen LogP) is 3.61. The molecular weight excluding hydrogens is 376 g/mol. The summed E-state index contributed by atoms with van der Waals surface area (Å²) in [7, 11) is 0. The molecule has 0 saturated carbocycles. The maximum Gasteiger partial charge on any atom is 0.190 e. The summed E-state index contributed by atoms with van der Waals surface area (Å²) in [6.07, 6.45) is 0. The number of benzene rings is 2. The summed E-state index contributed by atoms with van der Waals surface area (Å²) < 4.78 is 18.8. The Morgan fingerprint density at radius 2 is 1.89 bits per heavy atom. The Hall–Kier alpha value is -2.77. The zero-order valence-electron chi connectivity index (χ0n) is 15.6. The van der Waals surface area contributed by atoms with Gasteiger partial charge in [-0.15, -0.1) is 11.3 Å². The van der Waals surface area contributed by atoms with Crippen LogP contribution in [0.1, 0.15) is 6.92 Å². The summed E-state index contributed by atoms with van der Waals surface area (Å²) in [6.45, 7) is 4.21. The van der Waals surface area contributed by atoms with Gasteiger partial charge in [-0.1, -0.05) is 0 Å². The molecule has 0 amide bonds. The van der Waals surface area contributed by atoms with Gasteiger partial charge in [0.1, 0.15) is 19.0 Å². The third-order valence-corrected chi connectivity index (χ3v) is 5.20. The van der Waals surface area contributed by atoms with Gasteiger partial charge in [0.05, 0.1) is 24.6 Å². The first kappa shape index (κ1) is 18.6. The highest BCUT2D eigenvalue weighted by Crippen LogP contribution is 2.34. The second-order valence-corrected chi connectivity index (χ2v) is 7.01. The number of rotatable bonds is 6. The molecule has 1 aliphatic heterocycles. The molecule has 2 aromatic carbocycles. The lowest BCUT2D eigenvalue weighted by Gasteiger charge is -2.19. The average molecular weight is 398 g/mol. The van der Waals surface area contributed by atoms with E-state index in [2.05, 4.69) is 5.38 Å². The number of aliphatic hydroxyl groups is 1. The summed E-state index contributed by atoms with van der Waals surface area (Å²) in [6, 6.07) is 13.6. The minimum Gasteiger partial charge on any atom is -0.494 e. The van der Waals surface area contributed by atoms with E-state index >= 15 is 0 Å². The highest BCUT2D eigenvalue weighted by Gasteiger charge is 2.15. The normalized spacial score (nSPS) is 13.6. The number of aliphatic hydroxyl groups excluding tert-OH is 1. The Labute approximate surface area is 167 Å². The lowest BCUT2D eigenvalue weighted by atomic mass is 10.1. The van der Waals surface area contributed by atoms with Gasteiger partial charge in [0.2, 0.25) is 0 Å². The van der Waals surface area contributed by atoms with Crippen LogP contribution < -0.4 is 19.0 Å². The Kier molecular flexibility index (Phi) is 5.64. The van der Waals surface area contributed by atoms with E-state index in [1.807, 2.05) is 54.0 Å². The van der Waals surface area contributed by atoms with E-state index in [4.69, 9.17) is 19.2 Å². The molecule has 0 saturated heterocycles. The molecule has 0 unspecified atom stereocenters. The van der Waals surface area contributed by atoms with Crippen LogP contribution in [0, 0.1) is 0 Å². The first-order valence-electron chi connectivity index (χ1n) is 9.25. The smallest absolute Gasteiger partial charge is 0.190 e. The summed E-state index contributed by atoms with van der Waals surface area (Å²) >= 11 is 1.54. The minimum absolute atomic E-state index is 0.0325. The number of aromatic nitrogens is 1. The van der Waals surface area contributed by atoms with Crippen LogP contribution in [0.3, 0.4) is 0 Å². The first-order valence-corrected chi connectivity index (χ1v) is 10.1. The van der Waals surface area contributed by atoms with Crippen molar-refractivity contribution in [2.75, 3.05) is 26.4 Å². The van der Waals surface area contributed by atoms with Crippen molar-refractivity contribution in [3.63, 3.8) is 0 Å². The molecule has 1 N–H and O–H groups in total. The van der Waals surface area contributed by atoms with Crippen LogP contribution in [-0.4, -0.2) is 36.1 Å². The number of nitrogens with zero attached hydrogens (tertiary/aromatic N) is 2. The highest BCUT2D eigenvalue weighted by atomic mass is 32.1. The van der Waals surface area contributed by atoms with Crippen molar-refractivity contribution in [1.82, 2.24) is 4.57 Å². The molecule has 0 radical (unpaired) electrons. The van der Waals surface area contributed by atoms with Crippen molar-refractivity contribution < 1.29 is 19.3 Å². The lowest BCUT2D eigenvalue weighted by Crippen LogP contribution is -2.18. The Bertz CT molecular complexity index is 1010. The van der Waals surface area contributed by atoms with Gasteiger partial charge in [0, 0.05) is 17.5 Å². The van der Waals surface area contributed by atoms with Gasteiger partial charge in [-0.3, -0.25) is 0 Å². The molecule has 1 aliphatic rings. The van der Waals surface area contributed by atoms with Crippen molar-refractivity contribution in [1.29, 1.82) is 0 Å². The van der Waals surface area contributed by atoms with Gasteiger partial charge in [-0.2, -0.15) is 0 Å². The van der Waals surface area contributed by atoms with Gasteiger partial charge in [-0.05, 0) is 49.4 Å². The standard InChI is InChI=1S/C21H22N2O4S/c1-2-25-17-6-4-16(5-7-17)22-21-23(9-10-24)18(14-28-21)15-3-8-19-20(13-15)27-12-11-26-19/h3-8,13-14,24H,2,9-12H2,1H3. The fourth-order valence-electron chi connectivity index (χ4n) is 3.06. The number of ether oxygens (including phenoxy) is 3. The third kappa shape index (κ3) is 3.90. The predicted molar refractivity (Wildman–Crippen MR) is 109 cm³/mol. The Morgan fingerprint density at radius 3 is 2.64 bits per heavy atom. The van der Waals surface area contributed by atoms with Crippen molar-refractivity contribution in [3.05, 3.63) is 52.6 Å². The number of thiazole rings is 1. The van der Waals surface area contributed by atoms with Crippen LogP contribution in [0.4, 0.5) is 5.69 Å². The molecule has 3 aromatic rings. The summed E-state index contributed by atoms with van der Waals surface area (Å²) in [5.74, 6) is 2.33. The molecule has 0 bridgehead atoms. The lowest BCUT2D eigenvalue weighted by molar-refractivity contribution is 0.171. The Morgan fingerprint density at radius 1 is 1.11 bits per heavy atom. The molecule has 1 aromatic heterocycles. The molecule has 0 fully saturated rings. The molecule has 2 heterocycles. The van der Waals surface area contributed by atoms with Crippen LogP contribution in [0.25, 0.3) is 11.3 Å². The molecule has 146 valence electrons. The van der Waals surface area contributed by atoms with Crippen molar-refractivity contribution in [2.45, 2.75) is 13.5 Å². The molecule has 0 atom stereocenters. The molecular formula is C21H22N2O4S. The molecule has 4 rings (SSSR count). The van der Waals surface area contributed by atoms with Crippen molar-refractivity contribution >= 4 is 17.0 Å². The average Bonchev–Trinajstić information content (AvgIpc) is 3.12. The molecule has 6 nitrogen and oxygen atoms in total. The van der Waals surface area contributed by atoms with Crippen molar-refractivity contribution in [2.24, 2.45) is 4.99 Å². The molecule has 0 aliphatic carbocycles. The van der Waals surface area contributed by atoms with E-state index in [1.54, 1.807) is 0 Å². The Balaban J connectivity index is 1.71. The summed E-state index contributed by atoms with van der Waals surface area (Å²) in [5, 5.41) is 11.6. The van der Waals surface area contributed by atoms with E-state index in [1.165, 1.54) is 11.3 Å². The van der Waals surface area contributed by atoms with E-state index < -0.39 is 0 Å². The van der Waals surface area contributed by atoms with E-state index in [9.17, 15) is 5.11 Å². The van der Waals surface area contributed by atoms with E-state index in [-0.39, 0.29) is 6.61 Å². The van der Waals surface area contributed by atoms with Crippen LogP contribution in [-0.2, 0) is 6.54 Å². The number of hydrogen-bond acceptors (Lipinski definition) is 6. The third-order valence-electron chi connectivity index (χ3n) is 4.33. The summed E-state index contributed by atoms with van der Waals surface area (Å²) in [4.78, 5) is 5.58. The monoisotopic (exact) mass is 398 g/mol. The summed E-state index contributed by atoms with van der Waals surface area (Å²) in [5.41, 5.74) is 2.83. The quantitative estimate of drug-likeness (QED) is 0.689. The molecule has 28 heavy (non-hydrogen) atoms. The van der Waals surface area contributed by atoms with Crippen LogP contribution >= 0.6 is 11.3 Å².